The number of carbonyl (C=O) groups excluding carboxylic acids is 1. The Labute approximate surface area is 152 Å². The molecule has 0 fully saturated rings. The zero-order valence-corrected chi connectivity index (χ0v) is 14.2. The van der Waals surface area contributed by atoms with Crippen molar-refractivity contribution in [1.82, 2.24) is 5.32 Å². The van der Waals surface area contributed by atoms with Gasteiger partial charge in [-0.1, -0.05) is 23.7 Å². The standard InChI is InChI=1S/C16H14ClF2N3O4/c1-9(10-3-2-4-12(7-10)26-15(18)19)20-16(23)21-11-5-6-13(17)14(8-11)22(24)25/h2-9,15H,1H3,(H2,20,21,23). The highest BCUT2D eigenvalue weighted by atomic mass is 35.5. The summed E-state index contributed by atoms with van der Waals surface area (Å²) in [5.41, 5.74) is 0.385. The highest BCUT2D eigenvalue weighted by molar-refractivity contribution is 6.32. The van der Waals surface area contributed by atoms with E-state index in [0.717, 1.165) is 6.07 Å². The molecule has 0 saturated carbocycles. The molecular weight excluding hydrogens is 372 g/mol. The molecular formula is C16H14ClF2N3O4. The summed E-state index contributed by atoms with van der Waals surface area (Å²) >= 11 is 5.71. The third kappa shape index (κ3) is 5.28. The zero-order chi connectivity index (χ0) is 19.3. The Morgan fingerprint density at radius 3 is 2.65 bits per heavy atom. The Bertz CT molecular complexity index is 820. The molecule has 1 unspecified atom stereocenters. The summed E-state index contributed by atoms with van der Waals surface area (Å²) in [5, 5.41) is 15.8. The summed E-state index contributed by atoms with van der Waals surface area (Å²) in [5.74, 6) is -0.0279. The number of halogens is 3. The molecule has 0 aliphatic rings. The lowest BCUT2D eigenvalue weighted by atomic mass is 10.1. The lowest BCUT2D eigenvalue weighted by Crippen LogP contribution is -2.31. The SMILES string of the molecule is CC(NC(=O)Nc1ccc(Cl)c([N+](=O)[O-])c1)c1cccc(OC(F)F)c1. The van der Waals surface area contributed by atoms with Crippen LogP contribution in [0.15, 0.2) is 42.5 Å². The Hall–Kier alpha value is -2.94. The maximum Gasteiger partial charge on any atom is 0.387 e. The van der Waals surface area contributed by atoms with Gasteiger partial charge in [-0.05, 0) is 36.8 Å². The van der Waals surface area contributed by atoms with E-state index in [1.807, 2.05) is 0 Å². The van der Waals surface area contributed by atoms with Crippen molar-refractivity contribution in [2.75, 3.05) is 5.32 Å². The summed E-state index contributed by atoms with van der Waals surface area (Å²) in [7, 11) is 0. The summed E-state index contributed by atoms with van der Waals surface area (Å²) in [6.07, 6.45) is 0. The van der Waals surface area contributed by atoms with Crippen molar-refractivity contribution in [3.05, 3.63) is 63.2 Å². The molecule has 7 nitrogen and oxygen atoms in total. The number of nitrogens with one attached hydrogen (secondary N) is 2. The number of rotatable bonds is 6. The van der Waals surface area contributed by atoms with Crippen LogP contribution < -0.4 is 15.4 Å². The Balaban J connectivity index is 2.03. The first-order chi connectivity index (χ1) is 12.3. The fourth-order valence-electron chi connectivity index (χ4n) is 2.14. The Morgan fingerprint density at radius 1 is 1.27 bits per heavy atom. The van der Waals surface area contributed by atoms with Gasteiger partial charge in [-0.3, -0.25) is 10.1 Å². The van der Waals surface area contributed by atoms with Crippen LogP contribution in [0.25, 0.3) is 0 Å². The van der Waals surface area contributed by atoms with E-state index in [1.165, 1.54) is 30.3 Å². The third-order valence-electron chi connectivity index (χ3n) is 3.33. The van der Waals surface area contributed by atoms with E-state index in [-0.39, 0.29) is 22.1 Å². The van der Waals surface area contributed by atoms with Crippen molar-refractivity contribution in [2.45, 2.75) is 19.6 Å². The molecule has 0 aromatic heterocycles. The molecule has 1 atom stereocenters. The van der Waals surface area contributed by atoms with Gasteiger partial charge in [-0.15, -0.1) is 0 Å². The van der Waals surface area contributed by atoms with Crippen LogP contribution >= 0.6 is 11.6 Å². The quantitative estimate of drug-likeness (QED) is 0.555. The molecule has 26 heavy (non-hydrogen) atoms. The normalized spacial score (nSPS) is 11.7. The predicted octanol–water partition coefficient (Wildman–Crippen LogP) is 4.73. The van der Waals surface area contributed by atoms with Gasteiger partial charge in [-0.25, -0.2) is 4.79 Å². The number of carbonyl (C=O) groups is 1. The first kappa shape index (κ1) is 19.4. The summed E-state index contributed by atoms with van der Waals surface area (Å²) in [6.45, 7) is -1.30. The maximum atomic E-state index is 12.3. The molecule has 0 bridgehead atoms. The predicted molar refractivity (Wildman–Crippen MR) is 91.7 cm³/mol. The number of anilines is 1. The first-order valence-corrected chi connectivity index (χ1v) is 7.70. The number of urea groups is 1. The molecule has 2 rings (SSSR count). The van der Waals surface area contributed by atoms with Gasteiger partial charge in [0.15, 0.2) is 0 Å². The molecule has 0 saturated heterocycles. The fourth-order valence-corrected chi connectivity index (χ4v) is 2.32. The van der Waals surface area contributed by atoms with Gasteiger partial charge in [0, 0.05) is 11.8 Å². The molecule has 2 aromatic carbocycles. The summed E-state index contributed by atoms with van der Waals surface area (Å²) < 4.78 is 28.8. The van der Waals surface area contributed by atoms with Crippen LogP contribution in [0.4, 0.5) is 25.0 Å². The van der Waals surface area contributed by atoms with Gasteiger partial charge in [0.25, 0.3) is 5.69 Å². The van der Waals surface area contributed by atoms with Gasteiger partial charge in [0.1, 0.15) is 10.8 Å². The lowest BCUT2D eigenvalue weighted by molar-refractivity contribution is -0.384. The van der Waals surface area contributed by atoms with Crippen LogP contribution in [0.1, 0.15) is 18.5 Å². The number of alkyl halides is 2. The third-order valence-corrected chi connectivity index (χ3v) is 3.65. The van der Waals surface area contributed by atoms with E-state index >= 15 is 0 Å². The average Bonchev–Trinajstić information content (AvgIpc) is 2.56. The minimum Gasteiger partial charge on any atom is -0.435 e. The van der Waals surface area contributed by atoms with Crippen LogP contribution in [-0.2, 0) is 0 Å². The second-order valence-electron chi connectivity index (χ2n) is 5.19. The van der Waals surface area contributed by atoms with E-state index in [2.05, 4.69) is 15.4 Å². The van der Waals surface area contributed by atoms with Crippen LogP contribution in [0.2, 0.25) is 5.02 Å². The molecule has 0 heterocycles. The number of hydrogen-bond donors (Lipinski definition) is 2. The molecule has 0 aliphatic heterocycles. The van der Waals surface area contributed by atoms with Crippen molar-refractivity contribution in [3.8, 4) is 5.75 Å². The number of nitro groups is 1. The van der Waals surface area contributed by atoms with Crippen molar-refractivity contribution in [1.29, 1.82) is 0 Å². The molecule has 0 radical (unpaired) electrons. The number of nitro benzene ring substituents is 1. The molecule has 2 amide bonds. The van der Waals surface area contributed by atoms with Gasteiger partial charge in [0.2, 0.25) is 0 Å². The van der Waals surface area contributed by atoms with Crippen LogP contribution in [0.5, 0.6) is 5.75 Å². The van der Waals surface area contributed by atoms with Crippen molar-refractivity contribution < 1.29 is 23.2 Å². The van der Waals surface area contributed by atoms with E-state index < -0.39 is 23.6 Å². The Morgan fingerprint density at radius 2 is 2.00 bits per heavy atom. The van der Waals surface area contributed by atoms with Crippen molar-refractivity contribution in [3.63, 3.8) is 0 Å². The smallest absolute Gasteiger partial charge is 0.387 e. The summed E-state index contributed by atoms with van der Waals surface area (Å²) in [6, 6.07) is 8.58. The second-order valence-corrected chi connectivity index (χ2v) is 5.60. The topological polar surface area (TPSA) is 93.5 Å². The van der Waals surface area contributed by atoms with Gasteiger partial charge in [0.05, 0.1) is 11.0 Å². The highest BCUT2D eigenvalue weighted by Crippen LogP contribution is 2.27. The maximum absolute atomic E-state index is 12.3. The lowest BCUT2D eigenvalue weighted by Gasteiger charge is -2.16. The number of hydrogen-bond acceptors (Lipinski definition) is 4. The van der Waals surface area contributed by atoms with Gasteiger partial charge >= 0.3 is 12.6 Å². The average molecular weight is 386 g/mol. The minimum atomic E-state index is -2.95. The zero-order valence-electron chi connectivity index (χ0n) is 13.4. The van der Waals surface area contributed by atoms with Crippen molar-refractivity contribution in [2.24, 2.45) is 0 Å². The molecule has 2 aromatic rings. The van der Waals surface area contributed by atoms with Gasteiger partial charge < -0.3 is 15.4 Å². The number of benzene rings is 2. The van der Waals surface area contributed by atoms with E-state index in [1.54, 1.807) is 13.0 Å². The van der Waals surface area contributed by atoms with E-state index in [9.17, 15) is 23.7 Å². The van der Waals surface area contributed by atoms with Crippen molar-refractivity contribution >= 4 is 29.0 Å². The molecule has 10 heteroatoms. The fraction of sp³-hybridized carbons (Fsp3) is 0.188. The van der Waals surface area contributed by atoms with E-state index in [0.29, 0.717) is 5.56 Å². The molecule has 0 aliphatic carbocycles. The largest absolute Gasteiger partial charge is 0.435 e. The molecule has 2 N–H and O–H groups in total. The molecule has 138 valence electrons. The molecule has 0 spiro atoms. The van der Waals surface area contributed by atoms with Crippen LogP contribution in [0, 0.1) is 10.1 Å². The number of nitrogens with zero attached hydrogens (tertiary/aromatic N) is 1. The highest BCUT2D eigenvalue weighted by Gasteiger charge is 2.15. The van der Waals surface area contributed by atoms with E-state index in [4.69, 9.17) is 11.6 Å². The summed E-state index contributed by atoms with van der Waals surface area (Å²) in [4.78, 5) is 22.2. The van der Waals surface area contributed by atoms with Gasteiger partial charge in [-0.2, -0.15) is 8.78 Å². The monoisotopic (exact) mass is 385 g/mol. The van der Waals surface area contributed by atoms with Crippen LogP contribution in [0.3, 0.4) is 0 Å². The second kappa shape index (κ2) is 8.43. The minimum absolute atomic E-state index is 0.0279. The van der Waals surface area contributed by atoms with Crippen LogP contribution in [-0.4, -0.2) is 17.6 Å². The first-order valence-electron chi connectivity index (χ1n) is 7.32. The number of ether oxygens (including phenoxy) is 1. The Kier molecular flexibility index (Phi) is 6.29. The number of amides is 2.